The predicted octanol–water partition coefficient (Wildman–Crippen LogP) is 0.763. The number of hydrogen-bond donors (Lipinski definition) is 2. The molecule has 5 heteroatoms. The summed E-state index contributed by atoms with van der Waals surface area (Å²) in [5, 5.41) is 9.43. The fourth-order valence-corrected chi connectivity index (χ4v) is 1.88. The minimum Gasteiger partial charge on any atom is -0.479 e. The fraction of sp³-hybridized carbons (Fsp3) is 0.417. The Morgan fingerprint density at radius 3 is 2.94 bits per heavy atom. The van der Waals surface area contributed by atoms with E-state index in [9.17, 15) is 9.90 Å². The van der Waals surface area contributed by atoms with Crippen LogP contribution in [-0.4, -0.2) is 29.8 Å². The van der Waals surface area contributed by atoms with Crippen molar-refractivity contribution in [3.05, 3.63) is 18.2 Å². The number of aliphatic hydroxyl groups excluding tert-OH is 1. The van der Waals surface area contributed by atoms with Crippen LogP contribution in [0.1, 0.15) is 13.8 Å². The van der Waals surface area contributed by atoms with E-state index in [4.69, 9.17) is 10.5 Å². The van der Waals surface area contributed by atoms with Gasteiger partial charge in [0.05, 0.1) is 18.3 Å². The van der Waals surface area contributed by atoms with Gasteiger partial charge >= 0.3 is 0 Å². The van der Waals surface area contributed by atoms with Gasteiger partial charge in [-0.2, -0.15) is 0 Å². The lowest BCUT2D eigenvalue weighted by Gasteiger charge is -2.33. The van der Waals surface area contributed by atoms with E-state index < -0.39 is 12.2 Å². The number of nitrogens with two attached hydrogens (primary N) is 1. The van der Waals surface area contributed by atoms with Crippen LogP contribution >= 0.6 is 0 Å². The summed E-state index contributed by atoms with van der Waals surface area (Å²) < 4.78 is 5.48. The number of hydrogen-bond acceptors (Lipinski definition) is 4. The van der Waals surface area contributed by atoms with E-state index in [0.717, 1.165) is 0 Å². The highest BCUT2D eigenvalue weighted by atomic mass is 16.5. The van der Waals surface area contributed by atoms with Gasteiger partial charge in [-0.25, -0.2) is 0 Å². The van der Waals surface area contributed by atoms with E-state index in [2.05, 4.69) is 0 Å². The minimum atomic E-state index is -0.588. The van der Waals surface area contributed by atoms with E-state index in [1.807, 2.05) is 0 Å². The molecule has 1 aliphatic rings. The number of carbonyl (C=O) groups excluding carboxylic acids is 1. The molecule has 1 heterocycles. The Labute approximate surface area is 99.8 Å². The molecule has 0 fully saturated rings. The summed E-state index contributed by atoms with van der Waals surface area (Å²) in [5.74, 6) is 0.431. The third-order valence-corrected chi connectivity index (χ3v) is 2.64. The molecule has 5 nitrogen and oxygen atoms in total. The zero-order chi connectivity index (χ0) is 12.6. The summed E-state index contributed by atoms with van der Waals surface area (Å²) in [6.45, 7) is 3.58. The van der Waals surface area contributed by atoms with E-state index in [0.29, 0.717) is 17.1 Å². The van der Waals surface area contributed by atoms with Crippen molar-refractivity contribution in [1.29, 1.82) is 0 Å². The molecule has 0 aromatic heterocycles. The molecule has 2 atom stereocenters. The summed E-state index contributed by atoms with van der Waals surface area (Å²) >= 11 is 0. The molecule has 2 rings (SSSR count). The van der Waals surface area contributed by atoms with Gasteiger partial charge in [-0.3, -0.25) is 4.79 Å². The van der Waals surface area contributed by atoms with E-state index in [-0.39, 0.29) is 12.5 Å². The summed E-state index contributed by atoms with van der Waals surface area (Å²) in [7, 11) is 0. The average Bonchev–Trinajstić information content (AvgIpc) is 2.24. The van der Waals surface area contributed by atoms with Gasteiger partial charge in [-0.05, 0) is 26.0 Å². The predicted molar refractivity (Wildman–Crippen MR) is 65.0 cm³/mol. The van der Waals surface area contributed by atoms with Crippen LogP contribution in [0.15, 0.2) is 18.2 Å². The molecule has 1 aromatic carbocycles. The molecule has 0 saturated heterocycles. The Morgan fingerprint density at radius 2 is 2.29 bits per heavy atom. The number of carbonyl (C=O) groups is 1. The molecule has 0 spiro atoms. The van der Waals surface area contributed by atoms with Gasteiger partial charge in [0.1, 0.15) is 5.75 Å². The fourth-order valence-electron chi connectivity index (χ4n) is 1.88. The van der Waals surface area contributed by atoms with Crippen molar-refractivity contribution in [3.63, 3.8) is 0 Å². The Morgan fingerprint density at radius 1 is 1.59 bits per heavy atom. The highest BCUT2D eigenvalue weighted by Gasteiger charge is 2.31. The van der Waals surface area contributed by atoms with Crippen LogP contribution in [0, 0.1) is 0 Å². The Kier molecular flexibility index (Phi) is 2.93. The Balaban J connectivity index is 2.41. The summed E-state index contributed by atoms with van der Waals surface area (Å²) in [6.07, 6.45) is -1.14. The first-order chi connectivity index (χ1) is 7.99. The zero-order valence-corrected chi connectivity index (χ0v) is 9.88. The standard InChI is InChI=1S/C12H16N2O3/c1-7(15)6-14-10-4-3-9(13)5-11(10)17-8(2)12(14)16/h3-5,7-8,15H,6,13H2,1-2H3. The number of nitrogen functional groups attached to an aromatic ring is 1. The number of rotatable bonds is 2. The zero-order valence-electron chi connectivity index (χ0n) is 9.88. The number of ether oxygens (including phenoxy) is 1. The monoisotopic (exact) mass is 236 g/mol. The van der Waals surface area contributed by atoms with Crippen LogP contribution in [0.3, 0.4) is 0 Å². The molecule has 1 aromatic rings. The van der Waals surface area contributed by atoms with Crippen molar-refractivity contribution in [2.24, 2.45) is 0 Å². The summed E-state index contributed by atoms with van der Waals surface area (Å²) in [6, 6.07) is 5.13. The number of β-amino-alcohol motifs (C(OH)–C–C–N with tert-alkyl or cyclic N) is 1. The first-order valence-corrected chi connectivity index (χ1v) is 5.54. The second-order valence-electron chi connectivity index (χ2n) is 4.29. The number of anilines is 2. The second-order valence-corrected chi connectivity index (χ2v) is 4.29. The summed E-state index contributed by atoms with van der Waals surface area (Å²) in [4.78, 5) is 13.5. The van der Waals surface area contributed by atoms with Crippen LogP contribution in [0.4, 0.5) is 11.4 Å². The SMILES string of the molecule is CC(O)CN1C(=O)C(C)Oc2cc(N)ccc21. The van der Waals surface area contributed by atoms with Gasteiger partial charge in [0.15, 0.2) is 6.10 Å². The molecule has 92 valence electrons. The molecule has 1 amide bonds. The molecule has 0 saturated carbocycles. The lowest BCUT2D eigenvalue weighted by Crippen LogP contribution is -2.47. The molecule has 0 aliphatic carbocycles. The average molecular weight is 236 g/mol. The smallest absolute Gasteiger partial charge is 0.267 e. The maximum Gasteiger partial charge on any atom is 0.267 e. The van der Waals surface area contributed by atoms with Crippen molar-refractivity contribution in [2.75, 3.05) is 17.2 Å². The lowest BCUT2D eigenvalue weighted by atomic mass is 10.1. The van der Waals surface area contributed by atoms with Crippen molar-refractivity contribution in [3.8, 4) is 5.75 Å². The van der Waals surface area contributed by atoms with Crippen molar-refractivity contribution in [2.45, 2.75) is 26.1 Å². The van der Waals surface area contributed by atoms with Crippen LogP contribution in [-0.2, 0) is 4.79 Å². The molecule has 3 N–H and O–H groups in total. The number of nitrogens with zero attached hydrogens (tertiary/aromatic N) is 1. The van der Waals surface area contributed by atoms with Crippen LogP contribution in [0.5, 0.6) is 5.75 Å². The van der Waals surface area contributed by atoms with E-state index in [1.165, 1.54) is 4.90 Å². The van der Waals surface area contributed by atoms with E-state index in [1.54, 1.807) is 32.0 Å². The number of aliphatic hydroxyl groups is 1. The molecular formula is C12H16N2O3. The van der Waals surface area contributed by atoms with Gasteiger partial charge in [0.25, 0.3) is 5.91 Å². The molecule has 17 heavy (non-hydrogen) atoms. The van der Waals surface area contributed by atoms with Gasteiger partial charge in [0, 0.05) is 11.8 Å². The molecule has 1 aliphatic heterocycles. The number of benzene rings is 1. The van der Waals surface area contributed by atoms with Gasteiger partial charge in [0.2, 0.25) is 0 Å². The van der Waals surface area contributed by atoms with Crippen molar-refractivity contribution < 1.29 is 14.6 Å². The van der Waals surface area contributed by atoms with E-state index >= 15 is 0 Å². The molecular weight excluding hydrogens is 220 g/mol. The highest BCUT2D eigenvalue weighted by molar-refractivity contribution is 6.00. The Bertz CT molecular complexity index is 445. The van der Waals surface area contributed by atoms with Crippen molar-refractivity contribution >= 4 is 17.3 Å². The highest BCUT2D eigenvalue weighted by Crippen LogP contribution is 2.35. The second kappa shape index (κ2) is 4.25. The lowest BCUT2D eigenvalue weighted by molar-refractivity contribution is -0.125. The quantitative estimate of drug-likeness (QED) is 0.743. The largest absolute Gasteiger partial charge is 0.479 e. The Hall–Kier alpha value is -1.75. The molecule has 0 bridgehead atoms. The van der Waals surface area contributed by atoms with Gasteiger partial charge < -0.3 is 20.5 Å². The third-order valence-electron chi connectivity index (χ3n) is 2.64. The van der Waals surface area contributed by atoms with Crippen LogP contribution in [0.25, 0.3) is 0 Å². The maximum atomic E-state index is 12.0. The van der Waals surface area contributed by atoms with Crippen molar-refractivity contribution in [1.82, 2.24) is 0 Å². The third kappa shape index (κ3) is 2.19. The normalized spacial score (nSPS) is 20.8. The van der Waals surface area contributed by atoms with Crippen LogP contribution in [0.2, 0.25) is 0 Å². The topological polar surface area (TPSA) is 75.8 Å². The molecule has 2 unspecified atom stereocenters. The number of amides is 1. The van der Waals surface area contributed by atoms with Gasteiger partial charge in [-0.1, -0.05) is 0 Å². The summed E-state index contributed by atoms with van der Waals surface area (Å²) in [5.41, 5.74) is 6.92. The first kappa shape index (κ1) is 11.7. The number of fused-ring (bicyclic) bond motifs is 1. The first-order valence-electron chi connectivity index (χ1n) is 5.54. The van der Waals surface area contributed by atoms with Crippen LogP contribution < -0.4 is 15.4 Å². The van der Waals surface area contributed by atoms with Gasteiger partial charge in [-0.15, -0.1) is 0 Å². The molecule has 0 radical (unpaired) electrons. The maximum absolute atomic E-state index is 12.0. The minimum absolute atomic E-state index is 0.150.